The summed E-state index contributed by atoms with van der Waals surface area (Å²) in [6, 6.07) is 17.4. The van der Waals surface area contributed by atoms with E-state index in [4.69, 9.17) is 11.6 Å². The predicted molar refractivity (Wildman–Crippen MR) is 85.3 cm³/mol. The van der Waals surface area contributed by atoms with E-state index in [0.717, 1.165) is 5.02 Å². The van der Waals surface area contributed by atoms with E-state index in [1.807, 2.05) is 13.1 Å². The van der Waals surface area contributed by atoms with Crippen molar-refractivity contribution in [2.45, 2.75) is 25.3 Å². The Balaban J connectivity index is 1.84. The van der Waals surface area contributed by atoms with Gasteiger partial charge in [-0.2, -0.15) is 0 Å². The van der Waals surface area contributed by atoms with Crippen molar-refractivity contribution in [3.63, 3.8) is 0 Å². The summed E-state index contributed by atoms with van der Waals surface area (Å²) >= 11 is 6.27. The lowest BCUT2D eigenvalue weighted by Gasteiger charge is -2.20. The van der Waals surface area contributed by atoms with Crippen LogP contribution in [0.1, 0.15) is 35.1 Å². The third-order valence-electron chi connectivity index (χ3n) is 4.45. The average Bonchev–Trinajstić information content (AvgIpc) is 3.26. The van der Waals surface area contributed by atoms with Gasteiger partial charge in [0.25, 0.3) is 0 Å². The smallest absolute Gasteiger partial charge is 0.0438 e. The molecule has 1 fully saturated rings. The number of hydrogen-bond donors (Lipinski definition) is 1. The molecule has 2 aromatic rings. The third kappa shape index (κ3) is 2.48. The summed E-state index contributed by atoms with van der Waals surface area (Å²) in [4.78, 5) is 0. The Kier molecular flexibility index (Phi) is 3.82. The van der Waals surface area contributed by atoms with Crippen LogP contribution in [0.3, 0.4) is 0 Å². The molecular weight excluding hydrogens is 266 g/mol. The van der Waals surface area contributed by atoms with E-state index < -0.39 is 0 Å². The van der Waals surface area contributed by atoms with Gasteiger partial charge in [-0.25, -0.2) is 0 Å². The summed E-state index contributed by atoms with van der Waals surface area (Å²) < 4.78 is 0. The SMILES string of the molecule is CNC(c1cccc(Cl)c1C)C1CC1c1ccccc1. The Hall–Kier alpha value is -1.31. The van der Waals surface area contributed by atoms with Gasteiger partial charge in [0.2, 0.25) is 0 Å². The first-order chi connectivity index (χ1) is 9.72. The van der Waals surface area contributed by atoms with E-state index in [0.29, 0.717) is 17.9 Å². The second kappa shape index (κ2) is 5.59. The monoisotopic (exact) mass is 285 g/mol. The number of hydrogen-bond acceptors (Lipinski definition) is 1. The van der Waals surface area contributed by atoms with Crippen LogP contribution in [-0.2, 0) is 0 Å². The van der Waals surface area contributed by atoms with Crippen molar-refractivity contribution >= 4 is 11.6 Å². The maximum atomic E-state index is 6.27. The Labute approximate surface area is 126 Å². The Morgan fingerprint density at radius 1 is 1.10 bits per heavy atom. The lowest BCUT2D eigenvalue weighted by molar-refractivity contribution is 0.515. The maximum absolute atomic E-state index is 6.27. The summed E-state index contributed by atoms with van der Waals surface area (Å²) in [5.74, 6) is 1.34. The van der Waals surface area contributed by atoms with Crippen LogP contribution in [0.5, 0.6) is 0 Å². The second-order valence-corrected chi connectivity index (χ2v) is 6.04. The fourth-order valence-electron chi connectivity index (χ4n) is 3.23. The highest BCUT2D eigenvalue weighted by molar-refractivity contribution is 6.31. The molecule has 0 spiro atoms. The molecule has 1 aliphatic carbocycles. The van der Waals surface area contributed by atoms with Crippen molar-refractivity contribution in [1.29, 1.82) is 0 Å². The minimum atomic E-state index is 0.388. The van der Waals surface area contributed by atoms with Gasteiger partial charge in [0.15, 0.2) is 0 Å². The zero-order chi connectivity index (χ0) is 14.1. The van der Waals surface area contributed by atoms with Gasteiger partial charge >= 0.3 is 0 Å². The zero-order valence-electron chi connectivity index (χ0n) is 11.9. The Morgan fingerprint density at radius 2 is 1.85 bits per heavy atom. The lowest BCUT2D eigenvalue weighted by Crippen LogP contribution is -2.20. The first kappa shape index (κ1) is 13.7. The van der Waals surface area contributed by atoms with Crippen molar-refractivity contribution in [2.75, 3.05) is 7.05 Å². The molecule has 1 saturated carbocycles. The molecule has 0 aliphatic heterocycles. The van der Waals surface area contributed by atoms with Crippen molar-refractivity contribution in [2.24, 2.45) is 5.92 Å². The molecule has 3 atom stereocenters. The molecule has 20 heavy (non-hydrogen) atoms. The van der Waals surface area contributed by atoms with Gasteiger partial charge in [-0.3, -0.25) is 0 Å². The minimum Gasteiger partial charge on any atom is -0.313 e. The van der Waals surface area contributed by atoms with E-state index in [-0.39, 0.29) is 0 Å². The minimum absolute atomic E-state index is 0.388. The van der Waals surface area contributed by atoms with E-state index in [2.05, 4.69) is 54.7 Å². The molecule has 2 aromatic carbocycles. The van der Waals surface area contributed by atoms with E-state index in [1.54, 1.807) is 0 Å². The molecule has 3 rings (SSSR count). The first-order valence-corrected chi connectivity index (χ1v) is 7.57. The van der Waals surface area contributed by atoms with Gasteiger partial charge < -0.3 is 5.32 Å². The average molecular weight is 286 g/mol. The second-order valence-electron chi connectivity index (χ2n) is 5.64. The lowest BCUT2D eigenvalue weighted by atomic mass is 9.95. The fourth-order valence-corrected chi connectivity index (χ4v) is 3.41. The van der Waals surface area contributed by atoms with Crippen LogP contribution in [0.25, 0.3) is 0 Å². The summed E-state index contributed by atoms with van der Waals surface area (Å²) in [6.45, 7) is 2.11. The topological polar surface area (TPSA) is 12.0 Å². The van der Waals surface area contributed by atoms with Gasteiger partial charge in [0.1, 0.15) is 0 Å². The van der Waals surface area contributed by atoms with E-state index >= 15 is 0 Å². The number of nitrogens with one attached hydrogen (secondary N) is 1. The summed E-state index contributed by atoms with van der Waals surface area (Å²) in [5, 5.41) is 4.35. The van der Waals surface area contributed by atoms with Crippen molar-refractivity contribution in [3.8, 4) is 0 Å². The van der Waals surface area contributed by atoms with Crippen LogP contribution in [0.2, 0.25) is 5.02 Å². The number of benzene rings is 2. The molecule has 0 heterocycles. The molecule has 0 radical (unpaired) electrons. The highest BCUT2D eigenvalue weighted by Gasteiger charge is 2.44. The molecule has 0 amide bonds. The molecular formula is C18H20ClN. The molecule has 0 aromatic heterocycles. The van der Waals surface area contributed by atoms with Crippen molar-refractivity contribution in [3.05, 3.63) is 70.2 Å². The van der Waals surface area contributed by atoms with Crippen LogP contribution < -0.4 is 5.32 Å². The molecule has 1 N–H and O–H groups in total. The van der Waals surface area contributed by atoms with Crippen molar-refractivity contribution < 1.29 is 0 Å². The highest BCUT2D eigenvalue weighted by atomic mass is 35.5. The summed E-state index contributed by atoms with van der Waals surface area (Å²) in [5.41, 5.74) is 3.99. The molecule has 1 aliphatic rings. The summed E-state index contributed by atoms with van der Waals surface area (Å²) in [7, 11) is 2.05. The number of halogens is 1. The van der Waals surface area contributed by atoms with Gasteiger partial charge in [-0.15, -0.1) is 0 Å². The first-order valence-electron chi connectivity index (χ1n) is 7.19. The van der Waals surface area contributed by atoms with Crippen LogP contribution in [0, 0.1) is 12.8 Å². The fraction of sp³-hybridized carbons (Fsp3) is 0.333. The molecule has 3 unspecified atom stereocenters. The Bertz CT molecular complexity index is 594. The van der Waals surface area contributed by atoms with Crippen LogP contribution in [-0.4, -0.2) is 7.05 Å². The van der Waals surface area contributed by atoms with Crippen LogP contribution >= 0.6 is 11.6 Å². The maximum Gasteiger partial charge on any atom is 0.0438 e. The van der Waals surface area contributed by atoms with Crippen LogP contribution in [0.4, 0.5) is 0 Å². The van der Waals surface area contributed by atoms with Gasteiger partial charge in [0.05, 0.1) is 0 Å². The summed E-state index contributed by atoms with van der Waals surface area (Å²) in [6.07, 6.45) is 1.25. The van der Waals surface area contributed by atoms with Gasteiger partial charge in [0, 0.05) is 11.1 Å². The standard InChI is InChI=1S/C18H20ClN/c1-12-14(9-6-10-17(12)19)18(20-2)16-11-15(16)13-7-4-3-5-8-13/h3-10,15-16,18,20H,11H2,1-2H3. The van der Waals surface area contributed by atoms with E-state index in [1.165, 1.54) is 23.1 Å². The third-order valence-corrected chi connectivity index (χ3v) is 4.86. The normalized spacial score (nSPS) is 22.6. The molecule has 0 saturated heterocycles. The quantitative estimate of drug-likeness (QED) is 0.858. The number of rotatable bonds is 4. The highest BCUT2D eigenvalue weighted by Crippen LogP contribution is 2.54. The predicted octanol–water partition coefficient (Wildman–Crippen LogP) is 4.71. The molecule has 1 nitrogen and oxygen atoms in total. The van der Waals surface area contributed by atoms with E-state index in [9.17, 15) is 0 Å². The zero-order valence-corrected chi connectivity index (χ0v) is 12.7. The molecule has 2 heteroatoms. The molecule has 104 valence electrons. The van der Waals surface area contributed by atoms with Gasteiger partial charge in [-0.1, -0.05) is 54.1 Å². The van der Waals surface area contributed by atoms with Crippen LogP contribution in [0.15, 0.2) is 48.5 Å². The van der Waals surface area contributed by atoms with Gasteiger partial charge in [-0.05, 0) is 55.0 Å². The largest absolute Gasteiger partial charge is 0.313 e. The Morgan fingerprint density at radius 3 is 2.55 bits per heavy atom. The van der Waals surface area contributed by atoms with Crippen molar-refractivity contribution in [1.82, 2.24) is 5.32 Å². The molecule has 0 bridgehead atoms.